The number of piperidine rings is 1. The molecule has 5 nitrogen and oxygen atoms in total. The Bertz CT molecular complexity index is 1030. The lowest BCUT2D eigenvalue weighted by atomic mass is 9.83. The number of benzene rings is 2. The van der Waals surface area contributed by atoms with Crippen molar-refractivity contribution in [3.8, 4) is 5.75 Å². The first-order valence-corrected chi connectivity index (χ1v) is 11.0. The van der Waals surface area contributed by atoms with Gasteiger partial charge in [0.1, 0.15) is 21.9 Å². The SMILES string of the molecule is CC(C)(C)OC(=O)N1CCC2(C=C(c3ccc(C(N)=S)cc3)c3ccccc3O2)CC1. The van der Waals surface area contributed by atoms with E-state index in [2.05, 4.69) is 12.1 Å². The van der Waals surface area contributed by atoms with Gasteiger partial charge in [-0.05, 0) is 44.1 Å². The van der Waals surface area contributed by atoms with Gasteiger partial charge in [-0.25, -0.2) is 4.79 Å². The number of likely N-dealkylation sites (tertiary alicyclic amines) is 1. The second kappa shape index (κ2) is 8.00. The van der Waals surface area contributed by atoms with Crippen molar-refractivity contribution in [2.24, 2.45) is 5.73 Å². The highest BCUT2D eigenvalue weighted by Gasteiger charge is 2.40. The Morgan fingerprint density at radius 2 is 1.74 bits per heavy atom. The Kier molecular flexibility index (Phi) is 5.52. The number of nitrogens with two attached hydrogens (primary N) is 1. The van der Waals surface area contributed by atoms with Crippen molar-refractivity contribution < 1.29 is 14.3 Å². The Morgan fingerprint density at radius 1 is 1.10 bits per heavy atom. The van der Waals surface area contributed by atoms with Crippen LogP contribution in [0.15, 0.2) is 54.6 Å². The van der Waals surface area contributed by atoms with Gasteiger partial charge >= 0.3 is 6.09 Å². The summed E-state index contributed by atoms with van der Waals surface area (Å²) in [6.07, 6.45) is 3.36. The predicted octanol–water partition coefficient (Wildman–Crippen LogP) is 4.91. The number of hydrogen-bond acceptors (Lipinski definition) is 4. The molecule has 31 heavy (non-hydrogen) atoms. The second-order valence-corrected chi connectivity index (χ2v) is 9.57. The topological polar surface area (TPSA) is 64.8 Å². The number of para-hydroxylation sites is 1. The van der Waals surface area contributed by atoms with Crippen molar-refractivity contribution in [2.75, 3.05) is 13.1 Å². The first-order valence-electron chi connectivity index (χ1n) is 10.6. The predicted molar refractivity (Wildman–Crippen MR) is 126 cm³/mol. The zero-order chi connectivity index (χ0) is 22.2. The molecule has 0 aliphatic carbocycles. The van der Waals surface area contributed by atoms with Crippen molar-refractivity contribution in [1.82, 2.24) is 4.90 Å². The van der Waals surface area contributed by atoms with Crippen LogP contribution in [-0.2, 0) is 4.74 Å². The van der Waals surface area contributed by atoms with E-state index in [4.69, 9.17) is 27.4 Å². The summed E-state index contributed by atoms with van der Waals surface area (Å²) in [6, 6.07) is 16.1. The van der Waals surface area contributed by atoms with Gasteiger partial charge in [-0.3, -0.25) is 0 Å². The Balaban J connectivity index is 1.62. The third kappa shape index (κ3) is 4.59. The summed E-state index contributed by atoms with van der Waals surface area (Å²) in [5.74, 6) is 0.865. The zero-order valence-corrected chi connectivity index (χ0v) is 19.0. The van der Waals surface area contributed by atoms with E-state index in [0.29, 0.717) is 30.9 Å². The third-order valence-corrected chi connectivity index (χ3v) is 5.88. The number of rotatable bonds is 2. The van der Waals surface area contributed by atoms with E-state index in [0.717, 1.165) is 28.0 Å². The largest absolute Gasteiger partial charge is 0.482 e. The highest BCUT2D eigenvalue weighted by molar-refractivity contribution is 7.80. The Morgan fingerprint density at radius 3 is 2.35 bits per heavy atom. The average Bonchev–Trinajstić information content (AvgIpc) is 2.72. The number of ether oxygens (including phenoxy) is 2. The summed E-state index contributed by atoms with van der Waals surface area (Å²) in [7, 11) is 0. The van der Waals surface area contributed by atoms with Crippen molar-refractivity contribution in [1.29, 1.82) is 0 Å². The number of amides is 1. The van der Waals surface area contributed by atoms with Gasteiger partial charge in [-0.1, -0.05) is 54.7 Å². The monoisotopic (exact) mass is 436 g/mol. The maximum atomic E-state index is 12.5. The molecule has 0 aromatic heterocycles. The molecule has 2 aliphatic rings. The molecule has 6 heteroatoms. The van der Waals surface area contributed by atoms with Crippen molar-refractivity contribution in [3.63, 3.8) is 0 Å². The number of carbonyl (C=O) groups is 1. The van der Waals surface area contributed by atoms with Gasteiger partial charge in [0.2, 0.25) is 0 Å². The van der Waals surface area contributed by atoms with Crippen LogP contribution in [0, 0.1) is 0 Å². The smallest absolute Gasteiger partial charge is 0.410 e. The van der Waals surface area contributed by atoms with Crippen LogP contribution >= 0.6 is 12.2 Å². The minimum Gasteiger partial charge on any atom is -0.482 e. The van der Waals surface area contributed by atoms with Gasteiger partial charge in [0.25, 0.3) is 0 Å². The first-order chi connectivity index (χ1) is 14.7. The third-order valence-electron chi connectivity index (χ3n) is 5.64. The van der Waals surface area contributed by atoms with Crippen LogP contribution in [0.2, 0.25) is 0 Å². The lowest BCUT2D eigenvalue weighted by molar-refractivity contribution is -0.00115. The maximum absolute atomic E-state index is 12.5. The summed E-state index contributed by atoms with van der Waals surface area (Å²) < 4.78 is 12.0. The van der Waals surface area contributed by atoms with Crippen LogP contribution in [-0.4, -0.2) is 40.3 Å². The van der Waals surface area contributed by atoms with Gasteiger partial charge < -0.3 is 20.1 Å². The van der Waals surface area contributed by atoms with E-state index in [1.807, 2.05) is 63.2 Å². The van der Waals surface area contributed by atoms with Gasteiger partial charge in [0.15, 0.2) is 0 Å². The van der Waals surface area contributed by atoms with Crippen LogP contribution in [0.3, 0.4) is 0 Å². The molecule has 2 aromatic carbocycles. The molecule has 162 valence electrons. The average molecular weight is 437 g/mol. The fourth-order valence-corrected chi connectivity index (χ4v) is 4.20. The lowest BCUT2D eigenvalue weighted by Crippen LogP contribution is -2.50. The van der Waals surface area contributed by atoms with Crippen LogP contribution in [0.4, 0.5) is 4.79 Å². The maximum Gasteiger partial charge on any atom is 0.410 e. The summed E-state index contributed by atoms with van der Waals surface area (Å²) in [4.78, 5) is 14.6. The fraction of sp³-hybridized carbons (Fsp3) is 0.360. The molecule has 1 spiro atoms. The van der Waals surface area contributed by atoms with Crippen molar-refractivity contribution >= 4 is 28.9 Å². The first kappa shape index (κ1) is 21.4. The van der Waals surface area contributed by atoms with Crippen LogP contribution in [0.25, 0.3) is 5.57 Å². The number of fused-ring (bicyclic) bond motifs is 1. The fourth-order valence-electron chi connectivity index (χ4n) is 4.06. The lowest BCUT2D eigenvalue weighted by Gasteiger charge is -2.43. The summed E-state index contributed by atoms with van der Waals surface area (Å²) in [6.45, 7) is 6.82. The highest BCUT2D eigenvalue weighted by atomic mass is 32.1. The normalized spacial score (nSPS) is 17.4. The molecule has 1 saturated heterocycles. The Hall–Kier alpha value is -2.86. The summed E-state index contributed by atoms with van der Waals surface area (Å²) >= 11 is 5.09. The van der Waals surface area contributed by atoms with Gasteiger partial charge in [0.05, 0.1) is 0 Å². The van der Waals surface area contributed by atoms with E-state index in [1.54, 1.807) is 4.90 Å². The molecule has 0 saturated carbocycles. The number of nitrogens with zero attached hydrogens (tertiary/aromatic N) is 1. The molecular weight excluding hydrogens is 408 g/mol. The van der Waals surface area contributed by atoms with Gasteiger partial charge in [-0.2, -0.15) is 0 Å². The highest BCUT2D eigenvalue weighted by Crippen LogP contribution is 2.43. The summed E-state index contributed by atoms with van der Waals surface area (Å²) in [5.41, 5.74) is 8.93. The van der Waals surface area contributed by atoms with Gasteiger partial charge in [-0.15, -0.1) is 0 Å². The van der Waals surface area contributed by atoms with E-state index in [9.17, 15) is 4.79 Å². The number of hydrogen-bond donors (Lipinski definition) is 1. The quantitative estimate of drug-likeness (QED) is 0.678. The molecule has 0 atom stereocenters. The van der Waals surface area contributed by atoms with Crippen molar-refractivity contribution in [3.05, 3.63) is 71.3 Å². The minimum absolute atomic E-state index is 0.267. The number of thiocarbonyl (C=S) groups is 1. The molecule has 0 bridgehead atoms. The van der Waals surface area contributed by atoms with E-state index < -0.39 is 11.2 Å². The molecule has 2 aromatic rings. The molecular formula is C25H28N2O3S. The van der Waals surface area contributed by atoms with Crippen LogP contribution < -0.4 is 10.5 Å². The minimum atomic E-state index is -0.502. The van der Waals surface area contributed by atoms with Crippen LogP contribution in [0.1, 0.15) is 50.3 Å². The Labute approximate surface area is 188 Å². The molecule has 1 amide bonds. The molecule has 2 heterocycles. The molecule has 0 unspecified atom stereocenters. The van der Waals surface area contributed by atoms with Crippen molar-refractivity contribution in [2.45, 2.75) is 44.8 Å². The molecule has 4 rings (SSSR count). The molecule has 2 aliphatic heterocycles. The van der Waals surface area contributed by atoms with E-state index in [-0.39, 0.29) is 6.09 Å². The van der Waals surface area contributed by atoms with Gasteiger partial charge in [0, 0.05) is 37.1 Å². The number of carbonyl (C=O) groups excluding carboxylic acids is 1. The molecule has 0 radical (unpaired) electrons. The molecule has 1 fully saturated rings. The molecule has 2 N–H and O–H groups in total. The van der Waals surface area contributed by atoms with Crippen LogP contribution in [0.5, 0.6) is 5.75 Å². The zero-order valence-electron chi connectivity index (χ0n) is 18.2. The summed E-state index contributed by atoms with van der Waals surface area (Å²) in [5, 5.41) is 0. The van der Waals surface area contributed by atoms with E-state index in [1.165, 1.54) is 0 Å². The second-order valence-electron chi connectivity index (χ2n) is 9.13. The van der Waals surface area contributed by atoms with E-state index >= 15 is 0 Å². The standard InChI is InChI=1S/C25H28N2O3S/c1-24(2,3)30-23(28)27-14-12-25(13-15-27)16-20(19-6-4-5-7-21(19)29-25)17-8-10-18(11-9-17)22(26)31/h4-11,16H,12-15H2,1-3H3,(H2,26,31).